The number of rotatable bonds is 4. The number of benzene rings is 2. The van der Waals surface area contributed by atoms with Gasteiger partial charge in [0.15, 0.2) is 22.9 Å². The van der Waals surface area contributed by atoms with Crippen molar-refractivity contribution < 1.29 is 19.0 Å². The standard InChI is InChI=1S/C25H21N3O6/c1-27-23-19(24(30)28(2)25(27)31)17(12-10-15(32-3)22(34-5)16(11-12)33-4)18-20(26-23)13-8-6-7-9-14(13)21(18)29/h6-11H,1-5H3. The van der Waals surface area contributed by atoms with Gasteiger partial charge in [0.1, 0.15) is 0 Å². The van der Waals surface area contributed by atoms with Crippen LogP contribution in [0.2, 0.25) is 0 Å². The molecule has 0 saturated heterocycles. The molecule has 4 aromatic rings. The molecule has 172 valence electrons. The van der Waals surface area contributed by atoms with E-state index in [-0.39, 0.29) is 16.8 Å². The van der Waals surface area contributed by atoms with E-state index >= 15 is 0 Å². The van der Waals surface area contributed by atoms with Crippen LogP contribution < -0.4 is 25.5 Å². The summed E-state index contributed by atoms with van der Waals surface area (Å²) in [6.07, 6.45) is 0. The van der Waals surface area contributed by atoms with Gasteiger partial charge in [-0.2, -0.15) is 0 Å². The summed E-state index contributed by atoms with van der Waals surface area (Å²) >= 11 is 0. The number of carbonyl (C=O) groups is 1. The highest BCUT2D eigenvalue weighted by atomic mass is 16.5. The summed E-state index contributed by atoms with van der Waals surface area (Å²) in [5.41, 5.74) is 1.80. The Balaban J connectivity index is 2.04. The summed E-state index contributed by atoms with van der Waals surface area (Å²) in [6, 6.07) is 10.5. The highest BCUT2D eigenvalue weighted by Gasteiger charge is 2.34. The van der Waals surface area contributed by atoms with Gasteiger partial charge in [0.05, 0.1) is 38.0 Å². The minimum Gasteiger partial charge on any atom is -0.493 e. The van der Waals surface area contributed by atoms with Gasteiger partial charge < -0.3 is 14.2 Å². The number of hydrogen-bond acceptors (Lipinski definition) is 7. The van der Waals surface area contributed by atoms with Gasteiger partial charge in [0, 0.05) is 30.8 Å². The van der Waals surface area contributed by atoms with Crippen molar-refractivity contribution in [2.75, 3.05) is 21.3 Å². The van der Waals surface area contributed by atoms with E-state index < -0.39 is 11.2 Å². The summed E-state index contributed by atoms with van der Waals surface area (Å²) in [5, 5.41) is 0.152. The van der Waals surface area contributed by atoms with Gasteiger partial charge in [-0.05, 0) is 17.7 Å². The average molecular weight is 459 g/mol. The predicted octanol–water partition coefficient (Wildman–Crippen LogP) is 2.54. The zero-order valence-corrected chi connectivity index (χ0v) is 19.3. The maximum atomic E-state index is 13.6. The zero-order valence-electron chi connectivity index (χ0n) is 19.3. The summed E-state index contributed by atoms with van der Waals surface area (Å²) in [5.74, 6) is 0.846. The number of aromatic nitrogens is 3. The molecular weight excluding hydrogens is 438 g/mol. The fourth-order valence-corrected chi connectivity index (χ4v) is 4.54. The minimum atomic E-state index is -0.555. The number of hydrogen-bond donors (Lipinski definition) is 0. The van der Waals surface area contributed by atoms with Crippen molar-refractivity contribution >= 4 is 16.8 Å². The third-order valence-corrected chi connectivity index (χ3v) is 6.20. The van der Waals surface area contributed by atoms with E-state index in [2.05, 4.69) is 4.98 Å². The van der Waals surface area contributed by atoms with Crippen molar-refractivity contribution in [2.24, 2.45) is 14.1 Å². The van der Waals surface area contributed by atoms with Crippen molar-refractivity contribution in [3.63, 3.8) is 0 Å². The van der Waals surface area contributed by atoms with Gasteiger partial charge in [-0.15, -0.1) is 0 Å². The third-order valence-electron chi connectivity index (χ3n) is 6.20. The molecule has 0 N–H and O–H groups in total. The second-order valence-electron chi connectivity index (χ2n) is 7.90. The maximum absolute atomic E-state index is 13.6. The monoisotopic (exact) mass is 459 g/mol. The first kappa shape index (κ1) is 21.4. The molecule has 0 atom stereocenters. The molecule has 0 unspecified atom stereocenters. The molecule has 0 saturated carbocycles. The topological polar surface area (TPSA) is 102 Å². The second-order valence-corrected chi connectivity index (χ2v) is 7.90. The highest BCUT2D eigenvalue weighted by molar-refractivity contribution is 6.26. The Kier molecular flexibility index (Phi) is 4.78. The number of aryl methyl sites for hydroxylation is 1. The Morgan fingerprint density at radius 1 is 0.794 bits per heavy atom. The Morgan fingerprint density at radius 3 is 2.00 bits per heavy atom. The van der Waals surface area contributed by atoms with Crippen LogP contribution in [0.1, 0.15) is 15.9 Å². The van der Waals surface area contributed by atoms with Crippen molar-refractivity contribution in [3.05, 3.63) is 68.4 Å². The third kappa shape index (κ3) is 2.73. The lowest BCUT2D eigenvalue weighted by Gasteiger charge is -2.18. The highest BCUT2D eigenvalue weighted by Crippen LogP contribution is 2.47. The lowest BCUT2D eigenvalue weighted by molar-refractivity contribution is 0.104. The lowest BCUT2D eigenvalue weighted by atomic mass is 9.94. The number of nitrogens with zero attached hydrogens (tertiary/aromatic N) is 3. The summed E-state index contributed by atoms with van der Waals surface area (Å²) < 4.78 is 18.8. The molecule has 9 heteroatoms. The first-order valence-corrected chi connectivity index (χ1v) is 10.4. The molecule has 0 amide bonds. The van der Waals surface area contributed by atoms with E-state index in [9.17, 15) is 14.4 Å². The minimum absolute atomic E-state index is 0.152. The Bertz CT molecular complexity index is 1620. The van der Waals surface area contributed by atoms with E-state index in [0.29, 0.717) is 50.8 Å². The molecule has 0 bridgehead atoms. The van der Waals surface area contributed by atoms with Gasteiger partial charge in [-0.25, -0.2) is 9.78 Å². The van der Waals surface area contributed by atoms with E-state index in [1.54, 1.807) is 37.4 Å². The number of ketones is 1. The van der Waals surface area contributed by atoms with Crippen LogP contribution in [0.5, 0.6) is 17.2 Å². The maximum Gasteiger partial charge on any atom is 0.332 e. The first-order chi connectivity index (χ1) is 16.3. The lowest BCUT2D eigenvalue weighted by Crippen LogP contribution is -2.37. The smallest absolute Gasteiger partial charge is 0.332 e. The van der Waals surface area contributed by atoms with E-state index in [4.69, 9.17) is 14.2 Å². The molecule has 34 heavy (non-hydrogen) atoms. The second kappa shape index (κ2) is 7.58. The predicted molar refractivity (Wildman–Crippen MR) is 126 cm³/mol. The van der Waals surface area contributed by atoms with E-state index in [1.165, 1.54) is 32.9 Å². The van der Waals surface area contributed by atoms with Crippen LogP contribution in [0.25, 0.3) is 33.4 Å². The van der Waals surface area contributed by atoms with E-state index in [1.807, 2.05) is 6.07 Å². The van der Waals surface area contributed by atoms with Crippen LogP contribution in [-0.4, -0.2) is 41.2 Å². The Morgan fingerprint density at radius 2 is 1.41 bits per heavy atom. The van der Waals surface area contributed by atoms with Crippen LogP contribution in [0.4, 0.5) is 0 Å². The van der Waals surface area contributed by atoms with Gasteiger partial charge in [0.2, 0.25) is 5.75 Å². The van der Waals surface area contributed by atoms with Crippen molar-refractivity contribution in [1.29, 1.82) is 0 Å². The molecule has 1 aliphatic rings. The van der Waals surface area contributed by atoms with Crippen molar-refractivity contribution in [3.8, 4) is 39.6 Å². The fourth-order valence-electron chi connectivity index (χ4n) is 4.54. The van der Waals surface area contributed by atoms with E-state index in [0.717, 1.165) is 4.57 Å². The fraction of sp³-hybridized carbons (Fsp3) is 0.200. The normalized spacial score (nSPS) is 12.0. The molecule has 9 nitrogen and oxygen atoms in total. The first-order valence-electron chi connectivity index (χ1n) is 10.4. The molecule has 0 fully saturated rings. The molecule has 2 aromatic carbocycles. The number of pyridine rings is 1. The average Bonchev–Trinajstić information content (AvgIpc) is 3.15. The Labute approximate surface area is 193 Å². The molecule has 0 radical (unpaired) electrons. The number of carbonyl (C=O) groups excluding carboxylic acids is 1. The van der Waals surface area contributed by atoms with Gasteiger partial charge >= 0.3 is 5.69 Å². The van der Waals surface area contributed by atoms with Crippen LogP contribution in [0, 0.1) is 0 Å². The van der Waals surface area contributed by atoms with Crippen LogP contribution in [-0.2, 0) is 14.1 Å². The van der Waals surface area contributed by atoms with Crippen LogP contribution in [0.3, 0.4) is 0 Å². The molecule has 0 aliphatic heterocycles. The molecular formula is C25H21N3O6. The SMILES string of the molecule is COc1cc(-c2c3c(nc4c2c(=O)n(C)c(=O)n4C)-c2ccccc2C3=O)cc(OC)c1OC. The Hall–Kier alpha value is -4.40. The summed E-state index contributed by atoms with van der Waals surface area (Å²) in [6.45, 7) is 0. The van der Waals surface area contributed by atoms with Crippen LogP contribution >= 0.6 is 0 Å². The quantitative estimate of drug-likeness (QED) is 0.407. The summed E-state index contributed by atoms with van der Waals surface area (Å²) in [7, 11) is 7.41. The van der Waals surface area contributed by atoms with Crippen molar-refractivity contribution in [2.45, 2.75) is 0 Å². The summed E-state index contributed by atoms with van der Waals surface area (Å²) in [4.78, 5) is 44.4. The number of ether oxygens (including phenoxy) is 3. The molecule has 2 heterocycles. The van der Waals surface area contributed by atoms with Gasteiger partial charge in [-0.1, -0.05) is 24.3 Å². The number of fused-ring (bicyclic) bond motifs is 4. The molecule has 0 spiro atoms. The van der Waals surface area contributed by atoms with Gasteiger partial charge in [0.25, 0.3) is 5.56 Å². The zero-order chi connectivity index (χ0) is 24.3. The number of methoxy groups -OCH3 is 3. The van der Waals surface area contributed by atoms with Crippen molar-refractivity contribution in [1.82, 2.24) is 14.1 Å². The molecule has 5 rings (SSSR count). The molecule has 1 aliphatic carbocycles. The largest absolute Gasteiger partial charge is 0.493 e. The van der Waals surface area contributed by atoms with Crippen LogP contribution in [0.15, 0.2) is 46.0 Å². The van der Waals surface area contributed by atoms with Gasteiger partial charge in [-0.3, -0.25) is 18.7 Å². The molecule has 2 aromatic heterocycles.